The minimum absolute atomic E-state index is 0.0466. The van der Waals surface area contributed by atoms with Gasteiger partial charge >= 0.3 is 12.0 Å². The molecule has 8 heteroatoms. The van der Waals surface area contributed by atoms with E-state index in [2.05, 4.69) is 26.1 Å². The second-order valence-corrected chi connectivity index (χ2v) is 8.78. The fourth-order valence-corrected chi connectivity index (χ4v) is 4.67. The normalized spacial score (nSPS) is 25.8. The van der Waals surface area contributed by atoms with Crippen LogP contribution in [0.1, 0.15) is 40.0 Å². The van der Waals surface area contributed by atoms with Crippen LogP contribution >= 0.6 is 0 Å². The molecule has 0 unspecified atom stereocenters. The molecule has 2 fully saturated rings. The highest BCUT2D eigenvalue weighted by molar-refractivity contribution is 6.08. The molecule has 0 aromatic heterocycles. The van der Waals surface area contributed by atoms with Gasteiger partial charge in [0.15, 0.2) is 0 Å². The Balaban J connectivity index is 1.50. The third-order valence-corrected chi connectivity index (χ3v) is 5.34. The van der Waals surface area contributed by atoms with Gasteiger partial charge < -0.3 is 14.8 Å². The number of hydrogen-bond donors (Lipinski definition) is 1. The number of nitrogens with zero attached hydrogens (tertiary/aromatic N) is 1. The van der Waals surface area contributed by atoms with Gasteiger partial charge in [0.2, 0.25) is 0 Å². The third-order valence-electron chi connectivity index (χ3n) is 5.34. The lowest BCUT2D eigenvalue weighted by Crippen LogP contribution is -2.54. The van der Waals surface area contributed by atoms with Crippen molar-refractivity contribution in [1.82, 2.24) is 10.2 Å². The summed E-state index contributed by atoms with van der Waals surface area (Å²) in [6.07, 6.45) is 2.10. The van der Waals surface area contributed by atoms with Crippen LogP contribution in [-0.4, -0.2) is 48.1 Å². The van der Waals surface area contributed by atoms with Crippen molar-refractivity contribution < 1.29 is 28.2 Å². The Morgan fingerprint density at radius 1 is 1.21 bits per heavy atom. The fourth-order valence-electron chi connectivity index (χ4n) is 4.67. The number of rotatable bonds is 6. The van der Waals surface area contributed by atoms with Crippen LogP contribution < -0.4 is 10.1 Å². The van der Waals surface area contributed by atoms with Gasteiger partial charge in [0, 0.05) is 0 Å². The summed E-state index contributed by atoms with van der Waals surface area (Å²) in [6, 6.07) is 4.91. The van der Waals surface area contributed by atoms with E-state index in [1.54, 1.807) is 0 Å². The number of urea groups is 1. The molecule has 1 aromatic carbocycles. The van der Waals surface area contributed by atoms with Crippen molar-refractivity contribution in [2.45, 2.75) is 45.6 Å². The van der Waals surface area contributed by atoms with E-state index in [-0.39, 0.29) is 30.4 Å². The summed E-state index contributed by atoms with van der Waals surface area (Å²) in [7, 11) is 0. The Hall–Kier alpha value is -2.64. The van der Waals surface area contributed by atoms with Crippen LogP contribution in [0.15, 0.2) is 24.3 Å². The molecule has 7 nitrogen and oxygen atoms in total. The van der Waals surface area contributed by atoms with E-state index >= 15 is 0 Å². The first-order valence-electron chi connectivity index (χ1n) is 9.78. The zero-order valence-electron chi connectivity index (χ0n) is 17.0. The highest BCUT2D eigenvalue weighted by Gasteiger charge is 2.56. The maximum absolute atomic E-state index is 13.0. The summed E-state index contributed by atoms with van der Waals surface area (Å²) in [6.45, 7) is 5.84. The van der Waals surface area contributed by atoms with E-state index in [1.165, 1.54) is 24.3 Å². The summed E-state index contributed by atoms with van der Waals surface area (Å²) in [4.78, 5) is 38.4. The van der Waals surface area contributed by atoms with E-state index in [9.17, 15) is 18.8 Å². The molecule has 3 rings (SSSR count). The average molecular weight is 406 g/mol. The number of halogens is 1. The fraction of sp³-hybridized carbons (Fsp3) is 0.571. The number of carbonyl (C=O) groups excluding carboxylic acids is 3. The van der Waals surface area contributed by atoms with Crippen LogP contribution in [0.25, 0.3) is 0 Å². The van der Waals surface area contributed by atoms with Gasteiger partial charge in [-0.2, -0.15) is 0 Å². The summed E-state index contributed by atoms with van der Waals surface area (Å²) in [5.41, 5.74) is -1.01. The Morgan fingerprint density at radius 3 is 2.55 bits per heavy atom. The van der Waals surface area contributed by atoms with Gasteiger partial charge in [-0.05, 0) is 54.9 Å². The molecule has 1 aromatic rings. The van der Waals surface area contributed by atoms with Crippen molar-refractivity contribution in [1.29, 1.82) is 0 Å². The molecule has 1 saturated carbocycles. The summed E-state index contributed by atoms with van der Waals surface area (Å²) in [5.74, 6) is -0.671. The zero-order valence-corrected chi connectivity index (χ0v) is 17.0. The molecule has 1 aliphatic carbocycles. The van der Waals surface area contributed by atoms with Crippen molar-refractivity contribution in [3.8, 4) is 5.75 Å². The number of nitrogens with one attached hydrogen (secondary N) is 1. The SMILES string of the molecule is C[C@@H]1CC(C)(C)C[C@]2(C1)NC(=O)N(CC(=O)OCCOc1ccc(F)cc1)C2=O. The van der Waals surface area contributed by atoms with E-state index in [0.29, 0.717) is 24.5 Å². The molecule has 1 heterocycles. The monoisotopic (exact) mass is 406 g/mol. The number of amides is 3. The van der Waals surface area contributed by atoms with Crippen molar-refractivity contribution in [2.24, 2.45) is 11.3 Å². The van der Waals surface area contributed by atoms with E-state index in [0.717, 1.165) is 11.3 Å². The Bertz CT molecular complexity index is 795. The van der Waals surface area contributed by atoms with Crippen LogP contribution in [0.4, 0.5) is 9.18 Å². The Kier molecular flexibility index (Phi) is 5.82. The molecule has 1 aliphatic heterocycles. The molecule has 3 amide bonds. The quantitative estimate of drug-likeness (QED) is 0.446. The van der Waals surface area contributed by atoms with E-state index < -0.39 is 24.1 Å². The van der Waals surface area contributed by atoms with E-state index in [1.807, 2.05) is 0 Å². The maximum Gasteiger partial charge on any atom is 0.326 e. The van der Waals surface area contributed by atoms with Gasteiger partial charge in [0.25, 0.3) is 5.91 Å². The van der Waals surface area contributed by atoms with Gasteiger partial charge in [-0.25, -0.2) is 9.18 Å². The third kappa shape index (κ3) is 4.86. The Morgan fingerprint density at radius 2 is 1.90 bits per heavy atom. The lowest BCUT2D eigenvalue weighted by atomic mass is 9.64. The molecule has 0 bridgehead atoms. The highest BCUT2D eigenvalue weighted by Crippen LogP contribution is 2.46. The number of esters is 1. The largest absolute Gasteiger partial charge is 0.490 e. The van der Waals surface area contributed by atoms with Crippen LogP contribution in [0.3, 0.4) is 0 Å². The molecule has 2 atom stereocenters. The predicted octanol–water partition coefficient (Wildman–Crippen LogP) is 2.88. The number of hydrogen-bond acceptors (Lipinski definition) is 5. The van der Waals surface area contributed by atoms with Gasteiger partial charge in [0.05, 0.1) is 0 Å². The molecule has 158 valence electrons. The van der Waals surface area contributed by atoms with Gasteiger partial charge in [-0.1, -0.05) is 20.8 Å². The lowest BCUT2D eigenvalue weighted by Gasteiger charge is -2.43. The van der Waals surface area contributed by atoms with Crippen LogP contribution in [0.2, 0.25) is 0 Å². The van der Waals surface area contributed by atoms with Crippen molar-refractivity contribution in [2.75, 3.05) is 19.8 Å². The highest BCUT2D eigenvalue weighted by atomic mass is 19.1. The molecule has 1 N–H and O–H groups in total. The molecule has 29 heavy (non-hydrogen) atoms. The average Bonchev–Trinajstić information content (AvgIpc) is 2.82. The van der Waals surface area contributed by atoms with Crippen LogP contribution in [0, 0.1) is 17.2 Å². The second kappa shape index (κ2) is 8.00. The number of carbonyl (C=O) groups is 3. The van der Waals surface area contributed by atoms with E-state index in [4.69, 9.17) is 9.47 Å². The van der Waals surface area contributed by atoms with Gasteiger partial charge in [0.1, 0.15) is 36.9 Å². The molecule has 0 radical (unpaired) electrons. The first kappa shape index (κ1) is 21.1. The number of benzene rings is 1. The molecular weight excluding hydrogens is 379 g/mol. The second-order valence-electron chi connectivity index (χ2n) is 8.78. The zero-order chi connectivity index (χ0) is 21.2. The molecular formula is C21H27FN2O5. The van der Waals surface area contributed by atoms with Crippen molar-refractivity contribution in [3.05, 3.63) is 30.1 Å². The topological polar surface area (TPSA) is 84.9 Å². The summed E-state index contributed by atoms with van der Waals surface area (Å²) >= 11 is 0. The standard InChI is InChI=1S/C21H27FN2O5/c1-14-10-20(2,3)13-21(11-14)18(26)24(19(27)23-21)12-17(25)29-9-8-28-16-6-4-15(22)5-7-16/h4-7,14H,8-13H2,1-3H3,(H,23,27)/t14-,21+/m1/s1. The van der Waals surface area contributed by atoms with Crippen LogP contribution in [0.5, 0.6) is 5.75 Å². The minimum atomic E-state index is -0.940. The number of ether oxygens (including phenoxy) is 2. The Labute approximate surface area is 169 Å². The molecule has 2 aliphatic rings. The van der Waals surface area contributed by atoms with Crippen LogP contribution in [-0.2, 0) is 14.3 Å². The van der Waals surface area contributed by atoms with Crippen molar-refractivity contribution in [3.63, 3.8) is 0 Å². The predicted molar refractivity (Wildman–Crippen MR) is 103 cm³/mol. The first-order valence-corrected chi connectivity index (χ1v) is 9.78. The van der Waals surface area contributed by atoms with Gasteiger partial charge in [-0.15, -0.1) is 0 Å². The maximum atomic E-state index is 13.0. The molecule has 1 saturated heterocycles. The smallest absolute Gasteiger partial charge is 0.326 e. The lowest BCUT2D eigenvalue weighted by molar-refractivity contribution is -0.149. The summed E-state index contributed by atoms with van der Waals surface area (Å²) < 4.78 is 23.3. The first-order chi connectivity index (χ1) is 13.6. The minimum Gasteiger partial charge on any atom is -0.490 e. The van der Waals surface area contributed by atoms with Gasteiger partial charge in [-0.3, -0.25) is 14.5 Å². The van der Waals surface area contributed by atoms with Crippen molar-refractivity contribution >= 4 is 17.9 Å². The summed E-state index contributed by atoms with van der Waals surface area (Å²) in [5, 5.41) is 2.83. The molecule has 1 spiro atoms. The number of imide groups is 1.